The third kappa shape index (κ3) is 4.57. The first-order valence-electron chi connectivity index (χ1n) is 12.8. The van der Waals surface area contributed by atoms with E-state index in [1.165, 1.54) is 0 Å². The highest BCUT2D eigenvalue weighted by Gasteiger charge is 2.23. The lowest BCUT2D eigenvalue weighted by Gasteiger charge is -2.26. The topological polar surface area (TPSA) is 82.5 Å². The summed E-state index contributed by atoms with van der Waals surface area (Å²) in [6.45, 7) is 8.01. The van der Waals surface area contributed by atoms with Crippen LogP contribution >= 0.6 is 11.6 Å². The quantitative estimate of drug-likeness (QED) is 0.384. The molecule has 0 aromatic carbocycles. The molecule has 1 amide bonds. The van der Waals surface area contributed by atoms with Crippen LogP contribution in [-0.4, -0.2) is 66.1 Å². The molecule has 1 fully saturated rings. The molecule has 2 unspecified atom stereocenters. The molecule has 0 saturated carbocycles. The molecule has 192 valence electrons. The number of allylic oxidation sites excluding steroid dienone is 4. The minimum atomic E-state index is 0.142. The van der Waals surface area contributed by atoms with Crippen LogP contribution in [0, 0.1) is 18.8 Å². The van der Waals surface area contributed by atoms with Crippen molar-refractivity contribution in [3.05, 3.63) is 59.5 Å². The van der Waals surface area contributed by atoms with Crippen LogP contribution in [0.25, 0.3) is 28.1 Å². The summed E-state index contributed by atoms with van der Waals surface area (Å²) in [5, 5.41) is 14.2. The number of carbonyl (C=O) groups excluding carboxylic acids is 1. The normalized spacial score (nSPS) is 20.2. The smallest absolute Gasteiger partial charge is 0.224 e. The summed E-state index contributed by atoms with van der Waals surface area (Å²) in [7, 11) is 0. The molecule has 6 rings (SSSR count). The average Bonchev–Trinajstić information content (AvgIpc) is 3.62. The summed E-state index contributed by atoms with van der Waals surface area (Å²) >= 11 is 6.39. The Morgan fingerprint density at radius 2 is 2.00 bits per heavy atom. The second kappa shape index (κ2) is 9.79. The van der Waals surface area contributed by atoms with Crippen LogP contribution < -0.4 is 0 Å². The Bertz CT molecular complexity index is 1520. The first-order valence-corrected chi connectivity index (χ1v) is 13.1. The second-order valence-corrected chi connectivity index (χ2v) is 10.3. The van der Waals surface area contributed by atoms with Crippen molar-refractivity contribution in [3.8, 4) is 11.4 Å². The molecule has 10 heteroatoms. The number of hydrogen-bond donors (Lipinski definition) is 0. The maximum Gasteiger partial charge on any atom is 0.224 e. The van der Waals surface area contributed by atoms with Gasteiger partial charge < -0.3 is 14.2 Å². The highest BCUT2D eigenvalue weighted by Crippen LogP contribution is 2.33. The summed E-state index contributed by atoms with van der Waals surface area (Å²) < 4.78 is 11.6. The number of halogens is 1. The predicted molar refractivity (Wildman–Crippen MR) is 142 cm³/mol. The van der Waals surface area contributed by atoms with E-state index in [9.17, 15) is 4.79 Å². The van der Waals surface area contributed by atoms with E-state index in [1.807, 2.05) is 40.9 Å². The SMILES string of the molecule is Cc1nnc2ccc3c(cc(-c4ccn(CCC(=O)N5CCOCC5)n4)n3CC3C=C(Cl)C=CC3C)n12. The number of hydrogen-bond acceptors (Lipinski definition) is 5. The Morgan fingerprint density at radius 3 is 2.84 bits per heavy atom. The molecule has 0 N–H and O–H groups in total. The highest BCUT2D eigenvalue weighted by atomic mass is 35.5. The van der Waals surface area contributed by atoms with Gasteiger partial charge in [-0.25, -0.2) is 0 Å². The monoisotopic (exact) mass is 519 g/mol. The van der Waals surface area contributed by atoms with Gasteiger partial charge in [0, 0.05) is 49.7 Å². The minimum absolute atomic E-state index is 0.142. The molecule has 5 heterocycles. The Kier molecular flexibility index (Phi) is 6.34. The first-order chi connectivity index (χ1) is 18.0. The minimum Gasteiger partial charge on any atom is -0.378 e. The highest BCUT2D eigenvalue weighted by molar-refractivity contribution is 6.31. The number of aromatic nitrogens is 6. The molecule has 2 aliphatic rings. The Morgan fingerprint density at radius 1 is 1.16 bits per heavy atom. The zero-order valence-corrected chi connectivity index (χ0v) is 21.8. The molecular formula is C27H30ClN7O2. The second-order valence-electron chi connectivity index (χ2n) is 9.83. The summed E-state index contributed by atoms with van der Waals surface area (Å²) in [5.41, 5.74) is 4.83. The van der Waals surface area contributed by atoms with Crippen LogP contribution in [0.2, 0.25) is 0 Å². The summed E-state index contributed by atoms with van der Waals surface area (Å²) in [5.74, 6) is 1.59. The number of rotatable bonds is 6. The van der Waals surface area contributed by atoms with E-state index in [4.69, 9.17) is 21.4 Å². The van der Waals surface area contributed by atoms with Crippen molar-refractivity contribution in [2.45, 2.75) is 33.4 Å². The number of pyridine rings is 1. The Hall–Kier alpha value is -3.43. The van der Waals surface area contributed by atoms with Crippen molar-refractivity contribution < 1.29 is 9.53 Å². The Balaban J connectivity index is 1.34. The van der Waals surface area contributed by atoms with E-state index in [2.05, 4.69) is 50.4 Å². The molecule has 4 aromatic rings. The summed E-state index contributed by atoms with van der Waals surface area (Å²) in [6.07, 6.45) is 8.65. The fourth-order valence-corrected chi connectivity index (χ4v) is 5.52. The van der Waals surface area contributed by atoms with Gasteiger partial charge in [0.15, 0.2) is 5.65 Å². The van der Waals surface area contributed by atoms with Crippen molar-refractivity contribution >= 4 is 34.2 Å². The number of nitrogens with zero attached hydrogens (tertiary/aromatic N) is 7. The summed E-state index contributed by atoms with van der Waals surface area (Å²) in [6, 6.07) is 8.30. The first kappa shape index (κ1) is 23.9. The van der Waals surface area contributed by atoms with Crippen molar-refractivity contribution in [1.29, 1.82) is 0 Å². The third-order valence-electron chi connectivity index (χ3n) is 7.42. The van der Waals surface area contributed by atoms with Gasteiger partial charge in [0.05, 0.1) is 29.9 Å². The van der Waals surface area contributed by atoms with Crippen LogP contribution in [0.1, 0.15) is 19.2 Å². The van der Waals surface area contributed by atoms with E-state index < -0.39 is 0 Å². The largest absolute Gasteiger partial charge is 0.378 e. The van der Waals surface area contributed by atoms with Gasteiger partial charge in [0.2, 0.25) is 5.91 Å². The van der Waals surface area contributed by atoms with Gasteiger partial charge in [-0.1, -0.05) is 30.7 Å². The van der Waals surface area contributed by atoms with E-state index in [0.717, 1.165) is 45.5 Å². The fourth-order valence-electron chi connectivity index (χ4n) is 5.28. The number of morpholine rings is 1. The maximum absolute atomic E-state index is 12.6. The number of carbonyl (C=O) groups is 1. The van der Waals surface area contributed by atoms with Gasteiger partial charge in [-0.05, 0) is 43.2 Å². The van der Waals surface area contributed by atoms with Gasteiger partial charge in [-0.3, -0.25) is 13.9 Å². The average molecular weight is 520 g/mol. The van der Waals surface area contributed by atoms with Gasteiger partial charge in [-0.15, -0.1) is 10.2 Å². The standard InChI is InChI=1S/C27H30ClN7O2/c1-18-3-4-21(28)15-20(18)17-34-23-5-6-26-30-29-19(2)35(26)25(23)16-24(34)22-7-9-33(31-22)10-8-27(36)32-11-13-37-14-12-32/h3-7,9,15-16,18,20H,8,10-14,17H2,1-2H3. The lowest BCUT2D eigenvalue weighted by atomic mass is 9.90. The number of aryl methyl sites for hydroxylation is 2. The van der Waals surface area contributed by atoms with Crippen molar-refractivity contribution in [3.63, 3.8) is 0 Å². The molecule has 0 spiro atoms. The number of ether oxygens (including phenoxy) is 1. The van der Waals surface area contributed by atoms with Gasteiger partial charge >= 0.3 is 0 Å². The lowest BCUT2D eigenvalue weighted by molar-refractivity contribution is -0.135. The molecule has 0 bridgehead atoms. The van der Waals surface area contributed by atoms with Crippen molar-refractivity contribution in [2.24, 2.45) is 11.8 Å². The van der Waals surface area contributed by atoms with Crippen LogP contribution in [-0.2, 0) is 22.6 Å². The van der Waals surface area contributed by atoms with Crippen molar-refractivity contribution in [2.75, 3.05) is 26.3 Å². The summed E-state index contributed by atoms with van der Waals surface area (Å²) in [4.78, 5) is 14.5. The van der Waals surface area contributed by atoms with Crippen LogP contribution in [0.3, 0.4) is 0 Å². The molecule has 9 nitrogen and oxygen atoms in total. The lowest BCUT2D eigenvalue weighted by Crippen LogP contribution is -2.41. The van der Waals surface area contributed by atoms with Crippen LogP contribution in [0.5, 0.6) is 0 Å². The van der Waals surface area contributed by atoms with Crippen molar-refractivity contribution in [1.82, 2.24) is 33.8 Å². The van der Waals surface area contributed by atoms with E-state index in [-0.39, 0.29) is 11.8 Å². The Labute approximate surface area is 220 Å². The molecule has 4 aromatic heterocycles. The van der Waals surface area contributed by atoms with Gasteiger partial charge in [-0.2, -0.15) is 5.10 Å². The fraction of sp³-hybridized carbons (Fsp3) is 0.407. The molecule has 0 radical (unpaired) electrons. The maximum atomic E-state index is 12.6. The van der Waals surface area contributed by atoms with E-state index >= 15 is 0 Å². The predicted octanol–water partition coefficient (Wildman–Crippen LogP) is 4.05. The zero-order valence-electron chi connectivity index (χ0n) is 21.0. The third-order valence-corrected chi connectivity index (χ3v) is 7.67. The van der Waals surface area contributed by atoms with Gasteiger partial charge in [0.25, 0.3) is 0 Å². The molecule has 1 aliphatic heterocycles. The van der Waals surface area contributed by atoms with E-state index in [0.29, 0.717) is 45.2 Å². The zero-order chi connectivity index (χ0) is 25.5. The molecule has 1 aliphatic carbocycles. The van der Waals surface area contributed by atoms with E-state index in [1.54, 1.807) is 0 Å². The van der Waals surface area contributed by atoms with Crippen LogP contribution in [0.15, 0.2) is 53.7 Å². The van der Waals surface area contributed by atoms with Gasteiger partial charge in [0.1, 0.15) is 11.5 Å². The van der Waals surface area contributed by atoms with Crippen LogP contribution in [0.4, 0.5) is 0 Å². The molecular weight excluding hydrogens is 490 g/mol. The molecule has 1 saturated heterocycles. The molecule has 37 heavy (non-hydrogen) atoms. The number of fused-ring (bicyclic) bond motifs is 3. The number of amides is 1. The molecule has 2 atom stereocenters.